The highest BCUT2D eigenvalue weighted by molar-refractivity contribution is 5.78. The zero-order valence-corrected chi connectivity index (χ0v) is 11.6. The van der Waals surface area contributed by atoms with E-state index in [2.05, 4.69) is 5.32 Å². The van der Waals surface area contributed by atoms with Gasteiger partial charge in [-0.3, -0.25) is 4.79 Å². The van der Waals surface area contributed by atoms with E-state index in [1.165, 1.54) is 12.1 Å². The minimum atomic E-state index is -0.422. The molecule has 0 aliphatic rings. The van der Waals surface area contributed by atoms with Crippen LogP contribution >= 0.6 is 0 Å². The molecule has 0 saturated carbocycles. The molecule has 0 fully saturated rings. The van der Waals surface area contributed by atoms with E-state index in [-0.39, 0.29) is 30.2 Å². The number of nitrogens with two attached hydrogens (primary N) is 1. The lowest BCUT2D eigenvalue weighted by Gasteiger charge is -2.24. The normalized spacial score (nSPS) is 11.2. The highest BCUT2D eigenvalue weighted by Crippen LogP contribution is 2.20. The van der Waals surface area contributed by atoms with Gasteiger partial charge in [-0.2, -0.15) is 0 Å². The standard InChI is InChI=1S/C14H21FN2O2/c1-4-14(2,3)17-13(18)9-19-12-7-5-6-11(15)10(12)8-16/h5-7H,4,8-9,16H2,1-3H3,(H,17,18). The Morgan fingerprint density at radius 3 is 2.74 bits per heavy atom. The van der Waals surface area contributed by atoms with E-state index < -0.39 is 5.82 Å². The van der Waals surface area contributed by atoms with E-state index in [0.717, 1.165) is 6.42 Å². The van der Waals surface area contributed by atoms with E-state index in [9.17, 15) is 9.18 Å². The molecule has 0 aliphatic heterocycles. The summed E-state index contributed by atoms with van der Waals surface area (Å²) in [5.74, 6) is -0.347. The van der Waals surface area contributed by atoms with Gasteiger partial charge in [0.2, 0.25) is 0 Å². The maximum Gasteiger partial charge on any atom is 0.258 e. The lowest BCUT2D eigenvalue weighted by atomic mass is 10.0. The number of hydrogen-bond donors (Lipinski definition) is 2. The molecule has 1 aromatic rings. The van der Waals surface area contributed by atoms with Crippen LogP contribution in [0.2, 0.25) is 0 Å². The number of carbonyl (C=O) groups is 1. The van der Waals surface area contributed by atoms with Gasteiger partial charge in [-0.05, 0) is 32.4 Å². The number of carbonyl (C=O) groups excluding carboxylic acids is 1. The van der Waals surface area contributed by atoms with Crippen molar-refractivity contribution in [1.29, 1.82) is 0 Å². The highest BCUT2D eigenvalue weighted by atomic mass is 19.1. The summed E-state index contributed by atoms with van der Waals surface area (Å²) in [5, 5.41) is 2.84. The number of nitrogens with one attached hydrogen (secondary N) is 1. The van der Waals surface area contributed by atoms with Gasteiger partial charge < -0.3 is 15.8 Å². The zero-order valence-electron chi connectivity index (χ0n) is 11.6. The Morgan fingerprint density at radius 1 is 1.47 bits per heavy atom. The van der Waals surface area contributed by atoms with Crippen LogP contribution in [0.25, 0.3) is 0 Å². The number of benzene rings is 1. The first-order chi connectivity index (χ1) is 8.89. The predicted octanol–water partition coefficient (Wildman–Crippen LogP) is 1.97. The van der Waals surface area contributed by atoms with Crippen LogP contribution in [0.15, 0.2) is 18.2 Å². The molecule has 5 heteroatoms. The largest absolute Gasteiger partial charge is 0.483 e. The molecule has 106 valence electrons. The van der Waals surface area contributed by atoms with Crippen LogP contribution in [0.3, 0.4) is 0 Å². The summed E-state index contributed by atoms with van der Waals surface area (Å²) in [4.78, 5) is 11.7. The second kappa shape index (κ2) is 6.52. The zero-order chi connectivity index (χ0) is 14.5. The average molecular weight is 268 g/mol. The lowest BCUT2D eigenvalue weighted by molar-refractivity contribution is -0.124. The van der Waals surface area contributed by atoms with Crippen LogP contribution in [0.4, 0.5) is 4.39 Å². The molecule has 1 aromatic carbocycles. The smallest absolute Gasteiger partial charge is 0.258 e. The molecule has 4 nitrogen and oxygen atoms in total. The summed E-state index contributed by atoms with van der Waals surface area (Å²) >= 11 is 0. The van der Waals surface area contributed by atoms with Crippen LogP contribution in [0.5, 0.6) is 5.75 Å². The van der Waals surface area contributed by atoms with Gasteiger partial charge in [-0.15, -0.1) is 0 Å². The monoisotopic (exact) mass is 268 g/mol. The third kappa shape index (κ3) is 4.52. The van der Waals surface area contributed by atoms with Crippen molar-refractivity contribution in [3.8, 4) is 5.75 Å². The Kier molecular flexibility index (Phi) is 5.30. The Bertz CT molecular complexity index is 447. The van der Waals surface area contributed by atoms with Gasteiger partial charge in [-0.1, -0.05) is 13.0 Å². The van der Waals surface area contributed by atoms with Crippen molar-refractivity contribution in [2.75, 3.05) is 6.61 Å². The molecule has 0 saturated heterocycles. The van der Waals surface area contributed by atoms with Gasteiger partial charge in [0, 0.05) is 17.6 Å². The van der Waals surface area contributed by atoms with E-state index in [1.807, 2.05) is 20.8 Å². The van der Waals surface area contributed by atoms with Crippen molar-refractivity contribution >= 4 is 5.91 Å². The molecule has 0 spiro atoms. The average Bonchev–Trinajstić information content (AvgIpc) is 2.36. The Balaban J connectivity index is 2.63. The van der Waals surface area contributed by atoms with Crippen LogP contribution < -0.4 is 15.8 Å². The summed E-state index contributed by atoms with van der Waals surface area (Å²) in [6.07, 6.45) is 0.812. The number of amides is 1. The van der Waals surface area contributed by atoms with Crippen molar-refractivity contribution in [3.05, 3.63) is 29.6 Å². The number of ether oxygens (including phenoxy) is 1. The molecule has 0 unspecified atom stereocenters. The van der Waals surface area contributed by atoms with E-state index in [0.29, 0.717) is 5.75 Å². The van der Waals surface area contributed by atoms with Gasteiger partial charge >= 0.3 is 0 Å². The number of halogens is 1. The van der Waals surface area contributed by atoms with Crippen LogP contribution in [0, 0.1) is 5.82 Å². The highest BCUT2D eigenvalue weighted by Gasteiger charge is 2.18. The van der Waals surface area contributed by atoms with E-state index >= 15 is 0 Å². The molecule has 3 N–H and O–H groups in total. The second-order valence-corrected chi connectivity index (χ2v) is 4.99. The summed E-state index contributed by atoms with van der Waals surface area (Å²) in [6, 6.07) is 4.44. The molecular weight excluding hydrogens is 247 g/mol. The molecule has 1 amide bonds. The maximum absolute atomic E-state index is 13.4. The van der Waals surface area contributed by atoms with E-state index in [1.54, 1.807) is 6.07 Å². The minimum absolute atomic E-state index is 0.0318. The van der Waals surface area contributed by atoms with Crippen LogP contribution in [-0.4, -0.2) is 18.1 Å². The summed E-state index contributed by atoms with van der Waals surface area (Å²) in [7, 11) is 0. The molecule has 0 bridgehead atoms. The molecule has 0 aromatic heterocycles. The topological polar surface area (TPSA) is 64.3 Å². The first-order valence-electron chi connectivity index (χ1n) is 6.31. The summed E-state index contributed by atoms with van der Waals surface area (Å²) in [5.41, 5.74) is 5.46. The third-order valence-electron chi connectivity index (χ3n) is 3.00. The predicted molar refractivity (Wildman–Crippen MR) is 72.3 cm³/mol. The Labute approximate surface area is 113 Å². The van der Waals surface area contributed by atoms with E-state index in [4.69, 9.17) is 10.5 Å². The fourth-order valence-corrected chi connectivity index (χ4v) is 1.52. The Morgan fingerprint density at radius 2 is 2.16 bits per heavy atom. The fourth-order valence-electron chi connectivity index (χ4n) is 1.52. The minimum Gasteiger partial charge on any atom is -0.483 e. The number of rotatable bonds is 6. The van der Waals surface area contributed by atoms with Gasteiger partial charge in [0.25, 0.3) is 5.91 Å². The van der Waals surface area contributed by atoms with Crippen LogP contribution in [-0.2, 0) is 11.3 Å². The number of hydrogen-bond acceptors (Lipinski definition) is 3. The fraction of sp³-hybridized carbons (Fsp3) is 0.500. The van der Waals surface area contributed by atoms with Gasteiger partial charge in [0.05, 0.1) is 0 Å². The van der Waals surface area contributed by atoms with Gasteiger partial charge in [-0.25, -0.2) is 4.39 Å². The molecule has 19 heavy (non-hydrogen) atoms. The first kappa shape index (κ1) is 15.4. The quantitative estimate of drug-likeness (QED) is 0.829. The molecular formula is C14H21FN2O2. The Hall–Kier alpha value is -1.62. The molecule has 1 rings (SSSR count). The summed E-state index contributed by atoms with van der Waals surface area (Å²) < 4.78 is 18.8. The lowest BCUT2D eigenvalue weighted by Crippen LogP contribution is -2.44. The van der Waals surface area contributed by atoms with Crippen molar-refractivity contribution in [1.82, 2.24) is 5.32 Å². The van der Waals surface area contributed by atoms with Crippen molar-refractivity contribution in [3.63, 3.8) is 0 Å². The third-order valence-corrected chi connectivity index (χ3v) is 3.00. The van der Waals surface area contributed by atoms with Crippen LogP contribution in [0.1, 0.15) is 32.8 Å². The summed E-state index contributed by atoms with van der Waals surface area (Å²) in [6.45, 7) is 5.72. The molecule has 0 aliphatic carbocycles. The maximum atomic E-state index is 13.4. The second-order valence-electron chi connectivity index (χ2n) is 4.99. The molecule has 0 atom stereocenters. The van der Waals surface area contributed by atoms with Crippen molar-refractivity contribution in [2.24, 2.45) is 5.73 Å². The van der Waals surface area contributed by atoms with Crippen molar-refractivity contribution in [2.45, 2.75) is 39.3 Å². The van der Waals surface area contributed by atoms with Crippen molar-refractivity contribution < 1.29 is 13.9 Å². The van der Waals surface area contributed by atoms with Gasteiger partial charge in [0.1, 0.15) is 11.6 Å². The molecule has 0 heterocycles. The van der Waals surface area contributed by atoms with Gasteiger partial charge in [0.15, 0.2) is 6.61 Å². The molecule has 0 radical (unpaired) electrons. The first-order valence-corrected chi connectivity index (χ1v) is 6.31. The SMILES string of the molecule is CCC(C)(C)NC(=O)COc1cccc(F)c1CN.